The Hall–Kier alpha value is -3.12. The number of ether oxygens (including phenoxy) is 2. The van der Waals surface area contributed by atoms with Crippen LogP contribution < -0.4 is 10.4 Å². The molecule has 0 saturated heterocycles. The maximum Gasteiger partial charge on any atom is 0.323 e. The molecule has 0 fully saturated rings. The predicted molar refractivity (Wildman–Crippen MR) is 92.8 cm³/mol. The number of rotatable bonds is 7. The number of methoxy groups -OCH3 is 1. The number of benzene rings is 2. The second-order valence-electron chi connectivity index (χ2n) is 5.47. The van der Waals surface area contributed by atoms with Crippen LogP contribution in [-0.2, 0) is 18.0 Å². The van der Waals surface area contributed by atoms with Crippen molar-refractivity contribution < 1.29 is 14.3 Å². The van der Waals surface area contributed by atoms with Gasteiger partial charge in [0.2, 0.25) is 5.78 Å². The molecule has 0 atom stereocenters. The summed E-state index contributed by atoms with van der Waals surface area (Å²) in [4.78, 5) is 29.4. The first kappa shape index (κ1) is 16.7. The topological polar surface area (TPSA) is 84.2 Å². The molecule has 128 valence electrons. The number of carbonyl (C=O) groups excluding carboxylic acids is 1. The molecule has 0 spiro atoms. The van der Waals surface area contributed by atoms with E-state index in [1.807, 2.05) is 30.3 Å². The van der Waals surface area contributed by atoms with Gasteiger partial charge in [0.05, 0.1) is 26.0 Å². The van der Waals surface area contributed by atoms with Crippen molar-refractivity contribution in [3.63, 3.8) is 0 Å². The van der Waals surface area contributed by atoms with Gasteiger partial charge >= 0.3 is 5.69 Å². The van der Waals surface area contributed by atoms with Gasteiger partial charge in [0.1, 0.15) is 11.4 Å². The third kappa shape index (κ3) is 4.05. The summed E-state index contributed by atoms with van der Waals surface area (Å²) in [6.07, 6.45) is 0. The van der Waals surface area contributed by atoms with Gasteiger partial charge < -0.3 is 19.4 Å². The van der Waals surface area contributed by atoms with Crippen LogP contribution in [0.25, 0.3) is 0 Å². The molecule has 1 heterocycles. The van der Waals surface area contributed by atoms with Crippen LogP contribution in [0.5, 0.6) is 5.75 Å². The van der Waals surface area contributed by atoms with Crippen molar-refractivity contribution in [1.29, 1.82) is 0 Å². The van der Waals surface area contributed by atoms with E-state index in [1.54, 1.807) is 31.4 Å². The Morgan fingerprint density at radius 1 is 0.960 bits per heavy atom. The number of ketones is 1. The Morgan fingerprint density at radius 3 is 2.36 bits per heavy atom. The molecule has 0 bridgehead atoms. The Kier molecular flexibility index (Phi) is 5.11. The van der Waals surface area contributed by atoms with Crippen LogP contribution in [-0.4, -0.2) is 22.9 Å². The maximum absolute atomic E-state index is 12.6. The number of carbonyl (C=O) groups is 1. The molecule has 0 unspecified atom stereocenters. The Bertz CT molecular complexity index is 895. The first-order valence-electron chi connectivity index (χ1n) is 7.79. The summed E-state index contributed by atoms with van der Waals surface area (Å²) in [6.45, 7) is 0.523. The fraction of sp³-hybridized carbons (Fsp3) is 0.158. The van der Waals surface area contributed by atoms with E-state index in [-0.39, 0.29) is 18.1 Å². The van der Waals surface area contributed by atoms with E-state index in [0.29, 0.717) is 23.6 Å². The van der Waals surface area contributed by atoms with Crippen molar-refractivity contribution in [3.8, 4) is 5.75 Å². The van der Waals surface area contributed by atoms with Crippen molar-refractivity contribution in [1.82, 2.24) is 9.97 Å². The van der Waals surface area contributed by atoms with Crippen LogP contribution in [0.2, 0.25) is 0 Å². The Balaban J connectivity index is 1.73. The second kappa shape index (κ2) is 7.63. The minimum absolute atomic E-state index is 0.130. The first-order chi connectivity index (χ1) is 12.2. The van der Waals surface area contributed by atoms with Gasteiger partial charge in [0.15, 0.2) is 0 Å². The zero-order valence-electron chi connectivity index (χ0n) is 13.7. The monoisotopic (exact) mass is 338 g/mol. The molecule has 6 nitrogen and oxygen atoms in total. The lowest BCUT2D eigenvalue weighted by atomic mass is 10.1. The number of aromatic nitrogens is 2. The third-order valence-electron chi connectivity index (χ3n) is 3.74. The minimum Gasteiger partial charge on any atom is -0.497 e. The van der Waals surface area contributed by atoms with E-state index in [1.165, 1.54) is 0 Å². The van der Waals surface area contributed by atoms with Gasteiger partial charge in [-0.15, -0.1) is 0 Å². The van der Waals surface area contributed by atoms with E-state index < -0.39 is 5.69 Å². The van der Waals surface area contributed by atoms with Gasteiger partial charge in [0.25, 0.3) is 0 Å². The summed E-state index contributed by atoms with van der Waals surface area (Å²) in [6, 6.07) is 16.4. The molecule has 2 aromatic carbocycles. The molecule has 6 heteroatoms. The molecule has 0 saturated carbocycles. The highest BCUT2D eigenvalue weighted by Crippen LogP contribution is 2.16. The average Bonchev–Trinajstić information content (AvgIpc) is 3.02. The predicted octanol–water partition coefficient (Wildman–Crippen LogP) is 2.66. The standard InChI is InChI=1S/C19H18N2O4/c1-24-15-9-7-14(8-10-15)18(22)17-16(20-19(23)21-17)12-25-11-13-5-3-2-4-6-13/h2-10H,11-12H2,1H3,(H2,20,21,23). The number of imidazole rings is 1. The second-order valence-corrected chi connectivity index (χ2v) is 5.47. The van der Waals surface area contributed by atoms with E-state index >= 15 is 0 Å². The summed E-state index contributed by atoms with van der Waals surface area (Å²) in [5.41, 5.74) is 1.68. The first-order valence-corrected chi connectivity index (χ1v) is 7.79. The largest absolute Gasteiger partial charge is 0.497 e. The van der Waals surface area contributed by atoms with E-state index in [0.717, 1.165) is 5.56 Å². The number of aromatic amines is 2. The summed E-state index contributed by atoms with van der Waals surface area (Å²) in [5.74, 6) is 0.379. The smallest absolute Gasteiger partial charge is 0.323 e. The molecular weight excluding hydrogens is 320 g/mol. The highest BCUT2D eigenvalue weighted by atomic mass is 16.5. The van der Waals surface area contributed by atoms with Gasteiger partial charge in [-0.3, -0.25) is 4.79 Å². The van der Waals surface area contributed by atoms with Gasteiger partial charge in [-0.25, -0.2) is 4.79 Å². The van der Waals surface area contributed by atoms with Crippen LogP contribution >= 0.6 is 0 Å². The van der Waals surface area contributed by atoms with Crippen LogP contribution in [0.15, 0.2) is 59.4 Å². The van der Waals surface area contributed by atoms with Crippen molar-refractivity contribution in [3.05, 3.63) is 87.6 Å². The molecule has 3 rings (SSSR count). The molecular formula is C19H18N2O4. The van der Waals surface area contributed by atoms with Gasteiger partial charge in [0, 0.05) is 5.56 Å². The molecule has 1 aromatic heterocycles. The van der Waals surface area contributed by atoms with Crippen LogP contribution in [0.3, 0.4) is 0 Å². The van der Waals surface area contributed by atoms with E-state index in [9.17, 15) is 9.59 Å². The van der Waals surface area contributed by atoms with Crippen molar-refractivity contribution in [2.24, 2.45) is 0 Å². The molecule has 3 aromatic rings. The molecule has 25 heavy (non-hydrogen) atoms. The number of hydrogen-bond donors (Lipinski definition) is 2. The third-order valence-corrected chi connectivity index (χ3v) is 3.74. The molecule has 0 aliphatic rings. The lowest BCUT2D eigenvalue weighted by molar-refractivity contribution is 0.0978. The highest BCUT2D eigenvalue weighted by molar-refractivity contribution is 6.08. The molecule has 2 N–H and O–H groups in total. The highest BCUT2D eigenvalue weighted by Gasteiger charge is 2.17. The van der Waals surface area contributed by atoms with Gasteiger partial charge in [-0.05, 0) is 29.8 Å². The lowest BCUT2D eigenvalue weighted by Crippen LogP contribution is -2.07. The average molecular weight is 338 g/mol. The molecule has 0 aliphatic carbocycles. The quantitative estimate of drug-likeness (QED) is 0.649. The van der Waals surface area contributed by atoms with Crippen molar-refractivity contribution in [2.45, 2.75) is 13.2 Å². The van der Waals surface area contributed by atoms with E-state index in [4.69, 9.17) is 9.47 Å². The van der Waals surface area contributed by atoms with Crippen LogP contribution in [0, 0.1) is 0 Å². The van der Waals surface area contributed by atoms with Crippen molar-refractivity contribution in [2.75, 3.05) is 7.11 Å². The molecule has 0 radical (unpaired) electrons. The number of nitrogens with one attached hydrogen (secondary N) is 2. The summed E-state index contributed by atoms with van der Waals surface area (Å²) in [7, 11) is 1.56. The summed E-state index contributed by atoms with van der Waals surface area (Å²) < 4.78 is 10.7. The Labute approximate surface area is 144 Å². The summed E-state index contributed by atoms with van der Waals surface area (Å²) >= 11 is 0. The van der Waals surface area contributed by atoms with Gasteiger partial charge in [-0.2, -0.15) is 0 Å². The zero-order valence-corrected chi connectivity index (χ0v) is 13.7. The molecule has 0 aliphatic heterocycles. The van der Waals surface area contributed by atoms with Gasteiger partial charge in [-0.1, -0.05) is 30.3 Å². The fourth-order valence-electron chi connectivity index (χ4n) is 2.45. The normalized spacial score (nSPS) is 10.6. The lowest BCUT2D eigenvalue weighted by Gasteiger charge is -2.06. The minimum atomic E-state index is -0.435. The summed E-state index contributed by atoms with van der Waals surface area (Å²) in [5, 5.41) is 0. The maximum atomic E-state index is 12.6. The van der Waals surface area contributed by atoms with Crippen molar-refractivity contribution >= 4 is 5.78 Å². The number of hydrogen-bond acceptors (Lipinski definition) is 4. The number of H-pyrrole nitrogens is 2. The van der Waals surface area contributed by atoms with Crippen LogP contribution in [0.4, 0.5) is 0 Å². The van der Waals surface area contributed by atoms with Crippen LogP contribution in [0.1, 0.15) is 27.3 Å². The zero-order chi connectivity index (χ0) is 17.6. The molecule has 0 amide bonds. The fourth-order valence-corrected chi connectivity index (χ4v) is 2.45. The van der Waals surface area contributed by atoms with E-state index in [2.05, 4.69) is 9.97 Å². The SMILES string of the molecule is COc1ccc(C(=O)c2[nH]c(=O)[nH]c2COCc2ccccc2)cc1. The Morgan fingerprint density at radius 2 is 1.68 bits per heavy atom.